The van der Waals surface area contributed by atoms with E-state index in [1.54, 1.807) is 0 Å². The molecule has 0 aliphatic rings. The van der Waals surface area contributed by atoms with Gasteiger partial charge in [0.15, 0.2) is 0 Å². The predicted octanol–water partition coefficient (Wildman–Crippen LogP) is 2.94. The molecule has 0 spiro atoms. The zero-order chi connectivity index (χ0) is 7.82. The van der Waals surface area contributed by atoms with E-state index in [9.17, 15) is 4.57 Å². The predicted molar refractivity (Wildman–Crippen MR) is 50.8 cm³/mol. The lowest BCUT2D eigenvalue weighted by Gasteiger charge is -1.95. The number of hydrogen-bond acceptors (Lipinski definition) is 3. The van der Waals surface area contributed by atoms with Crippen molar-refractivity contribution in [2.75, 3.05) is 5.75 Å². The molecule has 1 atom stereocenters. The van der Waals surface area contributed by atoms with E-state index in [4.69, 9.17) is 4.89 Å². The quantitative estimate of drug-likeness (QED) is 0.406. The lowest BCUT2D eigenvalue weighted by molar-refractivity contribution is 0.520. The molecule has 5 heteroatoms. The Labute approximate surface area is 70.2 Å². The van der Waals surface area contributed by atoms with Crippen LogP contribution in [0.3, 0.4) is 0 Å². The highest BCUT2D eigenvalue weighted by Gasteiger charge is 1.93. The SMILES string of the molecule is CCCCCSS[PH](=O)O. The maximum atomic E-state index is 10.2. The highest BCUT2D eigenvalue weighted by Crippen LogP contribution is 2.43. The maximum Gasteiger partial charge on any atom is 0.254 e. The van der Waals surface area contributed by atoms with E-state index in [-0.39, 0.29) is 0 Å². The zero-order valence-electron chi connectivity index (χ0n) is 6.00. The van der Waals surface area contributed by atoms with Gasteiger partial charge in [-0.2, -0.15) is 0 Å². The van der Waals surface area contributed by atoms with Gasteiger partial charge in [-0.05, 0) is 16.8 Å². The van der Waals surface area contributed by atoms with E-state index in [2.05, 4.69) is 6.92 Å². The Morgan fingerprint density at radius 2 is 2.20 bits per heavy atom. The molecule has 1 unspecified atom stereocenters. The summed E-state index contributed by atoms with van der Waals surface area (Å²) in [4.78, 5) is 8.40. The Hall–Kier alpha value is 0.890. The van der Waals surface area contributed by atoms with Crippen LogP contribution < -0.4 is 0 Å². The van der Waals surface area contributed by atoms with Gasteiger partial charge in [-0.3, -0.25) is 4.57 Å². The van der Waals surface area contributed by atoms with E-state index in [0.29, 0.717) is 0 Å². The largest absolute Gasteiger partial charge is 0.338 e. The van der Waals surface area contributed by atoms with Crippen molar-refractivity contribution in [3.8, 4) is 0 Å². The van der Waals surface area contributed by atoms with E-state index in [1.807, 2.05) is 0 Å². The van der Waals surface area contributed by atoms with Gasteiger partial charge >= 0.3 is 0 Å². The van der Waals surface area contributed by atoms with Crippen molar-refractivity contribution in [3.05, 3.63) is 0 Å². The molecule has 0 saturated heterocycles. The highest BCUT2D eigenvalue weighted by atomic mass is 33.3. The molecule has 0 fully saturated rings. The van der Waals surface area contributed by atoms with Crippen LogP contribution in [0.15, 0.2) is 0 Å². The molecule has 0 amide bonds. The normalized spacial score (nSPS) is 13.4. The Kier molecular flexibility index (Phi) is 8.70. The van der Waals surface area contributed by atoms with Crippen LogP contribution in [0.2, 0.25) is 0 Å². The molecule has 0 aromatic carbocycles. The molecule has 0 aliphatic heterocycles. The average molecular weight is 200 g/mol. The Balaban J connectivity index is 2.84. The molecule has 10 heavy (non-hydrogen) atoms. The molecular weight excluding hydrogens is 187 g/mol. The molecule has 2 nitrogen and oxygen atoms in total. The monoisotopic (exact) mass is 200 g/mol. The summed E-state index contributed by atoms with van der Waals surface area (Å²) in [7, 11) is 0.309. The molecule has 0 rings (SSSR count). The van der Waals surface area contributed by atoms with Crippen LogP contribution in [0, 0.1) is 0 Å². The molecule has 0 heterocycles. The molecule has 1 N–H and O–H groups in total. The van der Waals surface area contributed by atoms with Crippen molar-refractivity contribution in [2.45, 2.75) is 26.2 Å². The first-order valence-corrected chi connectivity index (χ1v) is 7.69. The summed E-state index contributed by atoms with van der Waals surface area (Å²) in [6, 6.07) is 0. The average Bonchev–Trinajstić information content (AvgIpc) is 1.87. The van der Waals surface area contributed by atoms with Gasteiger partial charge in [0, 0.05) is 5.75 Å². The minimum atomic E-state index is -2.29. The fraction of sp³-hybridized carbons (Fsp3) is 1.00. The fourth-order valence-corrected chi connectivity index (χ4v) is 3.57. The second-order valence-corrected chi connectivity index (χ2v) is 6.98. The first-order valence-electron chi connectivity index (χ1n) is 3.29. The Morgan fingerprint density at radius 3 is 2.70 bits per heavy atom. The maximum absolute atomic E-state index is 10.2. The number of hydrogen-bond donors (Lipinski definition) is 1. The second kappa shape index (κ2) is 7.99. The fourth-order valence-electron chi connectivity index (χ4n) is 0.503. The molecule has 0 aromatic rings. The van der Waals surface area contributed by atoms with Crippen LogP contribution in [0.1, 0.15) is 26.2 Å². The lowest BCUT2D eigenvalue weighted by Crippen LogP contribution is -1.74. The summed E-state index contributed by atoms with van der Waals surface area (Å²) < 4.78 is 10.2. The summed E-state index contributed by atoms with van der Waals surface area (Å²) in [5, 5.41) is 0. The summed E-state index contributed by atoms with van der Waals surface area (Å²) in [5.41, 5.74) is 0. The summed E-state index contributed by atoms with van der Waals surface area (Å²) in [6.07, 6.45) is 3.59. The third kappa shape index (κ3) is 8.89. The van der Waals surface area contributed by atoms with E-state index in [1.165, 1.54) is 23.6 Å². The molecule has 0 aromatic heterocycles. The first-order chi connectivity index (χ1) is 4.77. The number of rotatable bonds is 6. The van der Waals surface area contributed by atoms with Crippen LogP contribution >= 0.6 is 28.4 Å². The van der Waals surface area contributed by atoms with Crippen molar-refractivity contribution >= 4 is 28.4 Å². The Bertz CT molecular complexity index is 99.6. The first kappa shape index (κ1) is 10.9. The standard InChI is InChI=1S/C5H13O2PS2/c1-2-3-4-5-9-10-8(6)7/h8H,2-5H2,1H3,(H,6,7). The van der Waals surface area contributed by atoms with Gasteiger partial charge < -0.3 is 4.89 Å². The second-order valence-electron chi connectivity index (χ2n) is 1.88. The molecule has 62 valence electrons. The van der Waals surface area contributed by atoms with Crippen LogP contribution in [-0.4, -0.2) is 10.6 Å². The molecular formula is C5H13O2PS2. The lowest BCUT2D eigenvalue weighted by atomic mass is 10.3. The van der Waals surface area contributed by atoms with Gasteiger partial charge in [-0.1, -0.05) is 30.6 Å². The third-order valence-electron chi connectivity index (χ3n) is 0.961. The topological polar surface area (TPSA) is 37.3 Å². The van der Waals surface area contributed by atoms with E-state index < -0.39 is 7.23 Å². The van der Waals surface area contributed by atoms with Crippen LogP contribution in [0.5, 0.6) is 0 Å². The van der Waals surface area contributed by atoms with Crippen molar-refractivity contribution in [2.24, 2.45) is 0 Å². The Morgan fingerprint density at radius 1 is 1.50 bits per heavy atom. The van der Waals surface area contributed by atoms with Crippen LogP contribution in [0.4, 0.5) is 0 Å². The van der Waals surface area contributed by atoms with E-state index >= 15 is 0 Å². The molecule has 0 aliphatic carbocycles. The van der Waals surface area contributed by atoms with Gasteiger partial charge in [-0.25, -0.2) is 0 Å². The zero-order valence-corrected chi connectivity index (χ0v) is 8.63. The van der Waals surface area contributed by atoms with Crippen molar-refractivity contribution in [3.63, 3.8) is 0 Å². The van der Waals surface area contributed by atoms with Gasteiger partial charge in [0.1, 0.15) is 0 Å². The minimum Gasteiger partial charge on any atom is -0.338 e. The van der Waals surface area contributed by atoms with Gasteiger partial charge in [0.25, 0.3) is 7.23 Å². The molecule has 0 radical (unpaired) electrons. The highest BCUT2D eigenvalue weighted by molar-refractivity contribution is 8.96. The van der Waals surface area contributed by atoms with Gasteiger partial charge in [0.05, 0.1) is 0 Å². The van der Waals surface area contributed by atoms with Crippen molar-refractivity contribution in [1.82, 2.24) is 0 Å². The van der Waals surface area contributed by atoms with Gasteiger partial charge in [0.2, 0.25) is 0 Å². The number of unbranched alkanes of at least 4 members (excludes halogenated alkanes) is 2. The molecule has 0 saturated carbocycles. The van der Waals surface area contributed by atoms with Crippen LogP contribution in [-0.2, 0) is 4.57 Å². The van der Waals surface area contributed by atoms with Crippen molar-refractivity contribution in [1.29, 1.82) is 0 Å². The minimum absolute atomic E-state index is 0.996. The third-order valence-corrected chi connectivity index (χ3v) is 5.30. The van der Waals surface area contributed by atoms with Gasteiger partial charge in [-0.15, -0.1) is 0 Å². The summed E-state index contributed by atoms with van der Waals surface area (Å²) in [5.74, 6) is 0.996. The summed E-state index contributed by atoms with van der Waals surface area (Å²) >= 11 is 0. The molecule has 0 bridgehead atoms. The van der Waals surface area contributed by atoms with Crippen LogP contribution in [0.25, 0.3) is 0 Å². The van der Waals surface area contributed by atoms with Crippen molar-refractivity contribution < 1.29 is 9.46 Å². The summed E-state index contributed by atoms with van der Waals surface area (Å²) in [6.45, 7) is 2.15. The smallest absolute Gasteiger partial charge is 0.254 e. The van der Waals surface area contributed by atoms with E-state index in [0.717, 1.165) is 22.6 Å².